The molecule has 2 aromatic carbocycles. The monoisotopic (exact) mass is 481 g/mol. The minimum absolute atomic E-state index is 0.0145. The number of hydrogen-bond donors (Lipinski definition) is 1. The second-order valence-electron chi connectivity index (χ2n) is 7.15. The summed E-state index contributed by atoms with van der Waals surface area (Å²) in [6.45, 7) is 1.26. The van der Waals surface area contributed by atoms with E-state index < -0.39 is 29.9 Å². The molecule has 0 atom stereocenters. The zero-order valence-electron chi connectivity index (χ0n) is 18.3. The van der Waals surface area contributed by atoms with Crippen LogP contribution in [0.3, 0.4) is 0 Å². The van der Waals surface area contributed by atoms with Gasteiger partial charge in [0.2, 0.25) is 0 Å². The molecule has 0 unspecified atom stereocenters. The SMILES string of the molecule is CCOC(=O)Cn1c(=O)n(-c2ccc(F)cc2)c2nc(-c3ccc(SC)cc3)nc(C(N)=O)c21. The van der Waals surface area contributed by atoms with Crippen molar-refractivity contribution in [3.05, 3.63) is 70.5 Å². The van der Waals surface area contributed by atoms with Gasteiger partial charge in [-0.05, 0) is 49.6 Å². The van der Waals surface area contributed by atoms with Gasteiger partial charge in [-0.15, -0.1) is 11.8 Å². The van der Waals surface area contributed by atoms with Crippen LogP contribution in [0.25, 0.3) is 28.2 Å². The van der Waals surface area contributed by atoms with Gasteiger partial charge < -0.3 is 10.5 Å². The van der Waals surface area contributed by atoms with E-state index in [1.807, 2.05) is 18.4 Å². The van der Waals surface area contributed by atoms with Crippen LogP contribution in [0.1, 0.15) is 17.4 Å². The first-order valence-corrected chi connectivity index (χ1v) is 11.5. The number of thioether (sulfide) groups is 1. The molecule has 2 aromatic heterocycles. The summed E-state index contributed by atoms with van der Waals surface area (Å²) in [5.41, 5.74) is 5.64. The lowest BCUT2D eigenvalue weighted by Crippen LogP contribution is -2.28. The quantitative estimate of drug-likeness (QED) is 0.318. The molecular formula is C23H20FN5O4S. The summed E-state index contributed by atoms with van der Waals surface area (Å²) in [5.74, 6) is -1.91. The molecule has 0 fully saturated rings. The van der Waals surface area contributed by atoms with Gasteiger partial charge in [0.05, 0.1) is 12.3 Å². The molecule has 2 N–H and O–H groups in total. The summed E-state index contributed by atoms with van der Waals surface area (Å²) in [5, 5.41) is 0. The Morgan fingerprint density at radius 2 is 1.76 bits per heavy atom. The second kappa shape index (κ2) is 9.48. The highest BCUT2D eigenvalue weighted by molar-refractivity contribution is 7.98. The second-order valence-corrected chi connectivity index (χ2v) is 8.03. The number of amides is 1. The molecule has 0 saturated heterocycles. The van der Waals surface area contributed by atoms with Gasteiger partial charge in [-0.2, -0.15) is 0 Å². The van der Waals surface area contributed by atoms with Gasteiger partial charge >= 0.3 is 11.7 Å². The molecule has 11 heteroatoms. The van der Waals surface area contributed by atoms with Gasteiger partial charge in [-0.25, -0.2) is 23.7 Å². The van der Waals surface area contributed by atoms with Crippen molar-refractivity contribution in [1.82, 2.24) is 19.1 Å². The highest BCUT2D eigenvalue weighted by atomic mass is 32.2. The number of esters is 1. The van der Waals surface area contributed by atoms with E-state index in [2.05, 4.69) is 9.97 Å². The standard InChI is InChI=1S/C23H20FN5O4S/c1-3-33-17(30)12-28-19-18(20(25)31)26-21(13-4-10-16(34-2)11-5-13)27-22(19)29(23(28)32)15-8-6-14(24)7-9-15/h4-11H,3,12H2,1-2H3,(H2,25,31). The zero-order chi connectivity index (χ0) is 24.4. The van der Waals surface area contributed by atoms with E-state index in [-0.39, 0.29) is 35.0 Å². The predicted molar refractivity (Wildman–Crippen MR) is 125 cm³/mol. The Morgan fingerprint density at radius 1 is 1.09 bits per heavy atom. The number of nitrogens with zero attached hydrogens (tertiary/aromatic N) is 4. The molecule has 2 heterocycles. The lowest BCUT2D eigenvalue weighted by molar-refractivity contribution is -0.143. The first kappa shape index (κ1) is 23.2. The molecular weight excluding hydrogens is 461 g/mol. The number of fused-ring (bicyclic) bond motifs is 1. The number of carbonyl (C=O) groups is 2. The van der Waals surface area contributed by atoms with Crippen LogP contribution in [-0.4, -0.2) is 43.8 Å². The largest absolute Gasteiger partial charge is 0.465 e. The number of halogens is 1. The topological polar surface area (TPSA) is 122 Å². The first-order chi connectivity index (χ1) is 16.3. The molecule has 0 bridgehead atoms. The van der Waals surface area contributed by atoms with Crippen LogP contribution in [-0.2, 0) is 16.1 Å². The third-order valence-electron chi connectivity index (χ3n) is 5.03. The number of primary amides is 1. The van der Waals surface area contributed by atoms with Gasteiger partial charge in [0, 0.05) is 10.5 Å². The fourth-order valence-corrected chi connectivity index (χ4v) is 3.91. The van der Waals surface area contributed by atoms with E-state index in [9.17, 15) is 18.8 Å². The van der Waals surface area contributed by atoms with Crippen LogP contribution in [0.15, 0.2) is 58.2 Å². The highest BCUT2D eigenvalue weighted by Crippen LogP contribution is 2.25. The molecule has 0 aliphatic carbocycles. The van der Waals surface area contributed by atoms with Crippen LogP contribution in [0, 0.1) is 5.82 Å². The average molecular weight is 482 g/mol. The molecule has 4 rings (SSSR count). The third-order valence-corrected chi connectivity index (χ3v) is 5.77. The van der Waals surface area contributed by atoms with E-state index in [4.69, 9.17) is 10.5 Å². The maximum Gasteiger partial charge on any atom is 0.335 e. The Labute approximate surface area is 197 Å². The molecule has 4 aromatic rings. The van der Waals surface area contributed by atoms with Gasteiger partial charge in [0.1, 0.15) is 17.9 Å². The summed E-state index contributed by atoms with van der Waals surface area (Å²) in [7, 11) is 0. The van der Waals surface area contributed by atoms with Crippen molar-refractivity contribution in [2.45, 2.75) is 18.4 Å². The van der Waals surface area contributed by atoms with E-state index >= 15 is 0 Å². The van der Waals surface area contributed by atoms with Gasteiger partial charge in [0.15, 0.2) is 17.2 Å². The molecule has 0 spiro atoms. The summed E-state index contributed by atoms with van der Waals surface area (Å²) < 4.78 is 20.8. The van der Waals surface area contributed by atoms with Crippen molar-refractivity contribution in [2.24, 2.45) is 5.73 Å². The third kappa shape index (κ3) is 4.29. The molecule has 0 aliphatic heterocycles. The number of carbonyl (C=O) groups excluding carboxylic acids is 2. The van der Waals surface area contributed by atoms with Crippen molar-refractivity contribution >= 4 is 34.8 Å². The first-order valence-electron chi connectivity index (χ1n) is 10.2. The average Bonchev–Trinajstić information content (AvgIpc) is 3.10. The van der Waals surface area contributed by atoms with Crippen molar-refractivity contribution in [2.75, 3.05) is 12.9 Å². The number of ether oxygens (including phenoxy) is 1. The number of hydrogen-bond acceptors (Lipinski definition) is 7. The van der Waals surface area contributed by atoms with Crippen LogP contribution in [0.5, 0.6) is 0 Å². The van der Waals surface area contributed by atoms with Gasteiger partial charge in [-0.3, -0.25) is 14.2 Å². The highest BCUT2D eigenvalue weighted by Gasteiger charge is 2.25. The van der Waals surface area contributed by atoms with Crippen LogP contribution in [0.2, 0.25) is 0 Å². The van der Waals surface area contributed by atoms with Crippen molar-refractivity contribution in [3.63, 3.8) is 0 Å². The van der Waals surface area contributed by atoms with Crippen LogP contribution in [0.4, 0.5) is 4.39 Å². The maximum atomic E-state index is 13.6. The number of imidazole rings is 1. The van der Waals surface area contributed by atoms with Crippen LogP contribution < -0.4 is 11.4 Å². The van der Waals surface area contributed by atoms with E-state index in [0.717, 1.165) is 9.46 Å². The lowest BCUT2D eigenvalue weighted by atomic mass is 10.2. The molecule has 0 aliphatic rings. The number of nitrogens with two attached hydrogens (primary N) is 1. The zero-order valence-corrected chi connectivity index (χ0v) is 19.1. The summed E-state index contributed by atoms with van der Waals surface area (Å²) in [6, 6.07) is 12.5. The smallest absolute Gasteiger partial charge is 0.335 e. The Kier molecular flexibility index (Phi) is 6.46. The molecule has 174 valence electrons. The molecule has 1 amide bonds. The van der Waals surface area contributed by atoms with E-state index in [0.29, 0.717) is 5.56 Å². The van der Waals surface area contributed by atoms with Crippen molar-refractivity contribution in [3.8, 4) is 17.1 Å². The van der Waals surface area contributed by atoms with Crippen molar-refractivity contribution < 1.29 is 18.7 Å². The van der Waals surface area contributed by atoms with E-state index in [1.165, 1.54) is 28.8 Å². The summed E-state index contributed by atoms with van der Waals surface area (Å²) in [4.78, 5) is 47.9. The fourth-order valence-electron chi connectivity index (χ4n) is 3.50. The Morgan fingerprint density at radius 3 is 2.35 bits per heavy atom. The molecule has 9 nitrogen and oxygen atoms in total. The minimum Gasteiger partial charge on any atom is -0.465 e. The number of rotatable bonds is 7. The predicted octanol–water partition coefficient (Wildman–Crippen LogP) is 2.77. The Balaban J connectivity index is 2.05. The molecule has 34 heavy (non-hydrogen) atoms. The minimum atomic E-state index is -0.900. The van der Waals surface area contributed by atoms with Crippen molar-refractivity contribution in [1.29, 1.82) is 0 Å². The maximum absolute atomic E-state index is 13.6. The Bertz CT molecular complexity index is 1450. The van der Waals surface area contributed by atoms with Gasteiger partial charge in [-0.1, -0.05) is 12.1 Å². The number of benzene rings is 2. The number of aromatic nitrogens is 4. The van der Waals surface area contributed by atoms with E-state index in [1.54, 1.807) is 30.8 Å². The van der Waals surface area contributed by atoms with Crippen LogP contribution >= 0.6 is 11.8 Å². The fraction of sp³-hybridized carbons (Fsp3) is 0.174. The summed E-state index contributed by atoms with van der Waals surface area (Å²) >= 11 is 1.56. The molecule has 0 saturated carbocycles. The summed E-state index contributed by atoms with van der Waals surface area (Å²) in [6.07, 6.45) is 1.94. The lowest BCUT2D eigenvalue weighted by Gasteiger charge is -2.08. The Hall–Kier alpha value is -3.99. The molecule has 0 radical (unpaired) electrons. The normalized spacial score (nSPS) is 11.0. The van der Waals surface area contributed by atoms with Gasteiger partial charge in [0.25, 0.3) is 5.91 Å².